The minimum atomic E-state index is -1.07. The summed E-state index contributed by atoms with van der Waals surface area (Å²) in [5.41, 5.74) is 2.63. The van der Waals surface area contributed by atoms with Crippen molar-refractivity contribution in [1.82, 2.24) is 0 Å². The third-order valence-corrected chi connectivity index (χ3v) is 3.01. The van der Waals surface area contributed by atoms with Crippen molar-refractivity contribution in [3.05, 3.63) is 59.2 Å². The Hall–Kier alpha value is -2.82. The zero-order valence-corrected chi connectivity index (χ0v) is 11.8. The number of benzene rings is 2. The van der Waals surface area contributed by atoms with Crippen LogP contribution in [0.2, 0.25) is 0 Å². The fourth-order valence-corrected chi connectivity index (χ4v) is 2.06. The molecule has 0 fully saturated rings. The molecule has 2 aromatic carbocycles. The van der Waals surface area contributed by atoms with Gasteiger partial charge in [-0.05, 0) is 43.2 Å². The number of amides is 2. The molecule has 0 heterocycles. The minimum absolute atomic E-state index is 0.0943. The van der Waals surface area contributed by atoms with Crippen LogP contribution in [0.25, 0.3) is 0 Å². The molecule has 0 aromatic heterocycles. The van der Waals surface area contributed by atoms with E-state index >= 15 is 0 Å². The highest BCUT2D eigenvalue weighted by molar-refractivity contribution is 6.05. The van der Waals surface area contributed by atoms with Gasteiger partial charge in [-0.15, -0.1) is 0 Å². The zero-order valence-electron chi connectivity index (χ0n) is 11.8. The van der Waals surface area contributed by atoms with Crippen LogP contribution in [0.3, 0.4) is 0 Å². The van der Waals surface area contributed by atoms with E-state index in [1.54, 1.807) is 31.2 Å². The molecule has 0 saturated heterocycles. The fraction of sp³-hybridized carbons (Fsp3) is 0.125. The van der Waals surface area contributed by atoms with Crippen LogP contribution in [0.1, 0.15) is 21.5 Å². The van der Waals surface area contributed by atoms with Crippen LogP contribution in [0, 0.1) is 13.8 Å². The van der Waals surface area contributed by atoms with Crippen molar-refractivity contribution < 1.29 is 14.7 Å². The smallest absolute Gasteiger partial charge is 0.338 e. The van der Waals surface area contributed by atoms with Crippen LogP contribution in [0.4, 0.5) is 16.2 Å². The summed E-state index contributed by atoms with van der Waals surface area (Å²) in [7, 11) is 0. The first-order valence-corrected chi connectivity index (χ1v) is 6.45. The molecule has 5 nitrogen and oxygen atoms in total. The second-order valence-corrected chi connectivity index (χ2v) is 4.75. The second-order valence-electron chi connectivity index (χ2n) is 4.75. The van der Waals surface area contributed by atoms with Crippen LogP contribution in [-0.4, -0.2) is 17.1 Å². The highest BCUT2D eigenvalue weighted by Gasteiger charge is 2.14. The van der Waals surface area contributed by atoms with Crippen LogP contribution >= 0.6 is 0 Å². The van der Waals surface area contributed by atoms with Crippen molar-refractivity contribution in [2.45, 2.75) is 13.8 Å². The molecule has 108 valence electrons. The Labute approximate surface area is 122 Å². The molecule has 3 N–H and O–H groups in total. The van der Waals surface area contributed by atoms with Crippen molar-refractivity contribution in [3.63, 3.8) is 0 Å². The Bertz CT molecular complexity index is 696. The van der Waals surface area contributed by atoms with Gasteiger partial charge in [-0.25, -0.2) is 9.59 Å². The third-order valence-electron chi connectivity index (χ3n) is 3.01. The van der Waals surface area contributed by atoms with Crippen LogP contribution in [0.15, 0.2) is 42.5 Å². The predicted octanol–water partition coefficient (Wildman–Crippen LogP) is 3.65. The van der Waals surface area contributed by atoms with E-state index < -0.39 is 12.0 Å². The van der Waals surface area contributed by atoms with Gasteiger partial charge < -0.3 is 15.7 Å². The maximum Gasteiger partial charge on any atom is 0.338 e. The monoisotopic (exact) mass is 284 g/mol. The molecule has 5 heteroatoms. The standard InChI is InChI=1S/C16H16N2O3/c1-10-5-3-7-12(9-10)17-16(21)18-13-8-4-6-11(2)14(13)15(19)20/h3-9H,1-2H3,(H,19,20)(H2,17,18,21). The topological polar surface area (TPSA) is 78.4 Å². The Morgan fingerprint density at radius 1 is 1.00 bits per heavy atom. The average molecular weight is 284 g/mol. The number of carboxylic acid groups (broad SMARTS) is 1. The van der Waals surface area contributed by atoms with E-state index in [-0.39, 0.29) is 11.3 Å². The van der Waals surface area contributed by atoms with Gasteiger partial charge in [0.25, 0.3) is 0 Å². The summed E-state index contributed by atoms with van der Waals surface area (Å²) in [5, 5.41) is 14.5. The largest absolute Gasteiger partial charge is 0.478 e. The number of nitrogens with one attached hydrogen (secondary N) is 2. The molecular weight excluding hydrogens is 268 g/mol. The molecule has 0 aliphatic heterocycles. The molecule has 0 aliphatic rings. The first kappa shape index (κ1) is 14.6. The van der Waals surface area contributed by atoms with Crippen molar-refractivity contribution in [3.8, 4) is 0 Å². The summed E-state index contributed by atoms with van der Waals surface area (Å²) in [6, 6.07) is 11.8. The zero-order chi connectivity index (χ0) is 15.4. The third kappa shape index (κ3) is 3.60. The number of urea groups is 1. The summed E-state index contributed by atoms with van der Waals surface area (Å²) in [5.74, 6) is -1.07. The number of aryl methyl sites for hydroxylation is 2. The van der Waals surface area contributed by atoms with E-state index in [1.165, 1.54) is 0 Å². The summed E-state index contributed by atoms with van der Waals surface area (Å²) < 4.78 is 0. The molecule has 0 radical (unpaired) electrons. The number of hydrogen-bond donors (Lipinski definition) is 3. The van der Waals surface area contributed by atoms with Gasteiger partial charge in [0.2, 0.25) is 0 Å². The van der Waals surface area contributed by atoms with E-state index in [1.807, 2.05) is 25.1 Å². The molecule has 2 rings (SSSR count). The van der Waals surface area contributed by atoms with Gasteiger partial charge in [0.1, 0.15) is 0 Å². The number of carboxylic acids is 1. The highest BCUT2D eigenvalue weighted by Crippen LogP contribution is 2.20. The molecule has 2 amide bonds. The molecule has 2 aromatic rings. The molecular formula is C16H16N2O3. The summed E-state index contributed by atoms with van der Waals surface area (Å²) in [4.78, 5) is 23.2. The minimum Gasteiger partial charge on any atom is -0.478 e. The first-order valence-electron chi connectivity index (χ1n) is 6.45. The Balaban J connectivity index is 2.17. The molecule has 0 spiro atoms. The van der Waals surface area contributed by atoms with Gasteiger partial charge in [0, 0.05) is 5.69 Å². The molecule has 0 aliphatic carbocycles. The Morgan fingerprint density at radius 2 is 1.71 bits per heavy atom. The Kier molecular flexibility index (Phi) is 4.23. The van der Waals surface area contributed by atoms with E-state index in [4.69, 9.17) is 0 Å². The van der Waals surface area contributed by atoms with Crippen molar-refractivity contribution in [1.29, 1.82) is 0 Å². The van der Waals surface area contributed by atoms with E-state index in [2.05, 4.69) is 10.6 Å². The quantitative estimate of drug-likeness (QED) is 0.805. The number of carbonyl (C=O) groups excluding carboxylic acids is 1. The van der Waals surface area contributed by atoms with Crippen molar-refractivity contribution in [2.24, 2.45) is 0 Å². The summed E-state index contributed by atoms with van der Waals surface area (Å²) >= 11 is 0. The van der Waals surface area contributed by atoms with E-state index in [0.29, 0.717) is 11.3 Å². The number of carbonyl (C=O) groups is 2. The normalized spacial score (nSPS) is 10.0. The van der Waals surface area contributed by atoms with Crippen molar-refractivity contribution in [2.75, 3.05) is 10.6 Å². The maximum atomic E-state index is 12.0. The summed E-state index contributed by atoms with van der Waals surface area (Å²) in [6.45, 7) is 3.61. The highest BCUT2D eigenvalue weighted by atomic mass is 16.4. The second kappa shape index (κ2) is 6.09. The fourth-order valence-electron chi connectivity index (χ4n) is 2.06. The van der Waals surface area contributed by atoms with Gasteiger partial charge in [0.15, 0.2) is 0 Å². The molecule has 0 unspecified atom stereocenters. The average Bonchev–Trinajstić information content (AvgIpc) is 2.37. The summed E-state index contributed by atoms with van der Waals surface area (Å²) in [6.07, 6.45) is 0. The van der Waals surface area contributed by atoms with Gasteiger partial charge in [-0.1, -0.05) is 24.3 Å². The Morgan fingerprint density at radius 3 is 2.38 bits per heavy atom. The van der Waals surface area contributed by atoms with Crippen LogP contribution in [-0.2, 0) is 0 Å². The molecule has 21 heavy (non-hydrogen) atoms. The number of rotatable bonds is 3. The molecule has 0 saturated carbocycles. The number of hydrogen-bond acceptors (Lipinski definition) is 2. The van der Waals surface area contributed by atoms with Crippen LogP contribution in [0.5, 0.6) is 0 Å². The lowest BCUT2D eigenvalue weighted by Crippen LogP contribution is -2.21. The van der Waals surface area contributed by atoms with Gasteiger partial charge in [0.05, 0.1) is 11.3 Å². The lowest BCUT2D eigenvalue weighted by atomic mass is 10.1. The molecule has 0 bridgehead atoms. The van der Waals surface area contributed by atoms with E-state index in [0.717, 1.165) is 5.56 Å². The van der Waals surface area contributed by atoms with Gasteiger partial charge in [-0.2, -0.15) is 0 Å². The number of anilines is 2. The first-order chi connectivity index (χ1) is 9.97. The predicted molar refractivity (Wildman–Crippen MR) is 82.0 cm³/mol. The lowest BCUT2D eigenvalue weighted by molar-refractivity contribution is 0.0697. The van der Waals surface area contributed by atoms with Crippen LogP contribution < -0.4 is 10.6 Å². The molecule has 0 atom stereocenters. The van der Waals surface area contributed by atoms with Crippen molar-refractivity contribution >= 4 is 23.4 Å². The van der Waals surface area contributed by atoms with Gasteiger partial charge in [-0.3, -0.25) is 0 Å². The lowest BCUT2D eigenvalue weighted by Gasteiger charge is -2.11. The number of aromatic carboxylic acids is 1. The maximum absolute atomic E-state index is 12.0. The SMILES string of the molecule is Cc1cccc(NC(=O)Nc2cccc(C)c2C(=O)O)c1. The van der Waals surface area contributed by atoms with Gasteiger partial charge >= 0.3 is 12.0 Å². The van der Waals surface area contributed by atoms with E-state index in [9.17, 15) is 14.7 Å².